The second-order valence-corrected chi connectivity index (χ2v) is 9.89. The Hall–Kier alpha value is -3.17. The lowest BCUT2D eigenvalue weighted by Crippen LogP contribution is -2.35. The largest absolute Gasteiger partial charge is 0.486 e. The van der Waals surface area contributed by atoms with Gasteiger partial charge in [-0.05, 0) is 73.0 Å². The number of carbonyl (C=O) groups is 1. The number of nitrogens with zero attached hydrogens (tertiary/aromatic N) is 2. The van der Waals surface area contributed by atoms with Crippen molar-refractivity contribution in [2.75, 3.05) is 24.5 Å². The van der Waals surface area contributed by atoms with Crippen molar-refractivity contribution in [1.29, 1.82) is 0 Å². The summed E-state index contributed by atoms with van der Waals surface area (Å²) in [6.07, 6.45) is 1.41. The molecule has 0 radical (unpaired) electrons. The Morgan fingerprint density at radius 2 is 1.82 bits per heavy atom. The standard InChI is InChI=1S/C25H27FN2O5S/c1-3-27(4-2)34(30,31)22-12-13-23-18(16-22)6-5-15-28(23)25(29)24-14-11-21(33-24)17-32-20-9-7-19(26)8-10-20/h7-14,16H,3-6,15,17H2,1-2H3. The molecule has 1 aromatic heterocycles. The first kappa shape index (κ1) is 24.0. The first-order valence-electron chi connectivity index (χ1n) is 11.3. The van der Waals surface area contributed by atoms with Crippen molar-refractivity contribution >= 4 is 21.6 Å². The molecule has 9 heteroatoms. The van der Waals surface area contributed by atoms with Gasteiger partial charge in [-0.3, -0.25) is 4.79 Å². The van der Waals surface area contributed by atoms with Crippen molar-refractivity contribution in [2.24, 2.45) is 0 Å². The molecule has 4 rings (SSSR count). The van der Waals surface area contributed by atoms with Crippen LogP contribution in [0.5, 0.6) is 5.75 Å². The number of hydrogen-bond acceptors (Lipinski definition) is 5. The van der Waals surface area contributed by atoms with Gasteiger partial charge in [-0.25, -0.2) is 12.8 Å². The summed E-state index contributed by atoms with van der Waals surface area (Å²) < 4.78 is 51.5. The molecule has 180 valence electrons. The summed E-state index contributed by atoms with van der Waals surface area (Å²) in [6, 6.07) is 13.8. The molecule has 0 aliphatic carbocycles. The molecule has 1 amide bonds. The molecule has 0 spiro atoms. The number of furan rings is 1. The number of hydrogen-bond donors (Lipinski definition) is 0. The zero-order valence-corrected chi connectivity index (χ0v) is 20.0. The number of rotatable bonds is 8. The smallest absolute Gasteiger partial charge is 0.293 e. The van der Waals surface area contributed by atoms with Gasteiger partial charge in [0.1, 0.15) is 23.9 Å². The van der Waals surface area contributed by atoms with Gasteiger partial charge in [-0.1, -0.05) is 13.8 Å². The summed E-state index contributed by atoms with van der Waals surface area (Å²) in [7, 11) is -3.58. The fourth-order valence-corrected chi connectivity index (χ4v) is 5.56. The number of fused-ring (bicyclic) bond motifs is 1. The van der Waals surface area contributed by atoms with Crippen LogP contribution in [0.25, 0.3) is 0 Å². The van der Waals surface area contributed by atoms with Crippen LogP contribution in [0.4, 0.5) is 10.1 Å². The number of sulfonamides is 1. The molecule has 0 fully saturated rings. The van der Waals surface area contributed by atoms with Crippen LogP contribution < -0.4 is 9.64 Å². The molecule has 1 aliphatic rings. The van der Waals surface area contributed by atoms with Crippen molar-refractivity contribution in [1.82, 2.24) is 4.31 Å². The Labute approximate surface area is 198 Å². The quantitative estimate of drug-likeness (QED) is 0.464. The molecule has 0 atom stereocenters. The highest BCUT2D eigenvalue weighted by atomic mass is 32.2. The lowest BCUT2D eigenvalue weighted by atomic mass is 10.0. The molecule has 0 unspecified atom stereocenters. The van der Waals surface area contributed by atoms with Crippen LogP contribution in [-0.2, 0) is 23.1 Å². The van der Waals surface area contributed by atoms with E-state index in [9.17, 15) is 17.6 Å². The van der Waals surface area contributed by atoms with Crippen LogP contribution in [-0.4, -0.2) is 38.3 Å². The van der Waals surface area contributed by atoms with Crippen molar-refractivity contribution < 1.29 is 26.8 Å². The number of aryl methyl sites for hydroxylation is 1. The molecule has 0 saturated carbocycles. The zero-order valence-electron chi connectivity index (χ0n) is 19.2. The normalized spacial score (nSPS) is 13.7. The average molecular weight is 487 g/mol. The molecule has 2 aromatic carbocycles. The summed E-state index contributed by atoms with van der Waals surface area (Å²) in [6.45, 7) is 5.01. The Balaban J connectivity index is 1.51. The second kappa shape index (κ2) is 9.99. The van der Waals surface area contributed by atoms with Crippen LogP contribution >= 0.6 is 0 Å². The van der Waals surface area contributed by atoms with Crippen molar-refractivity contribution in [3.63, 3.8) is 0 Å². The van der Waals surface area contributed by atoms with Crippen LogP contribution in [0.2, 0.25) is 0 Å². The van der Waals surface area contributed by atoms with Crippen LogP contribution in [0.3, 0.4) is 0 Å². The minimum absolute atomic E-state index is 0.0993. The molecule has 3 aromatic rings. The number of carbonyl (C=O) groups excluding carboxylic acids is 1. The lowest BCUT2D eigenvalue weighted by molar-refractivity contribution is 0.0954. The first-order valence-corrected chi connectivity index (χ1v) is 12.7. The van der Waals surface area contributed by atoms with E-state index in [1.54, 1.807) is 35.2 Å². The maximum atomic E-state index is 13.2. The number of ether oxygens (including phenoxy) is 1. The van der Waals surface area contributed by atoms with Gasteiger partial charge in [-0.2, -0.15) is 4.31 Å². The van der Waals surface area contributed by atoms with Gasteiger partial charge in [-0.15, -0.1) is 0 Å². The highest BCUT2D eigenvalue weighted by Gasteiger charge is 2.28. The maximum absolute atomic E-state index is 13.2. The van der Waals surface area contributed by atoms with Gasteiger partial charge in [0.2, 0.25) is 10.0 Å². The predicted molar refractivity (Wildman–Crippen MR) is 126 cm³/mol. The van der Waals surface area contributed by atoms with Crippen LogP contribution in [0.15, 0.2) is 63.9 Å². The van der Waals surface area contributed by atoms with Crippen LogP contribution in [0.1, 0.15) is 42.1 Å². The summed E-state index contributed by atoms with van der Waals surface area (Å²) in [5.41, 5.74) is 1.51. The van der Waals surface area contributed by atoms with Crippen LogP contribution in [0, 0.1) is 5.82 Å². The molecule has 1 aliphatic heterocycles. The van der Waals surface area contributed by atoms with Gasteiger partial charge in [0.15, 0.2) is 5.76 Å². The van der Waals surface area contributed by atoms with E-state index < -0.39 is 10.0 Å². The minimum atomic E-state index is -3.58. The topological polar surface area (TPSA) is 80.1 Å². The highest BCUT2D eigenvalue weighted by molar-refractivity contribution is 7.89. The average Bonchev–Trinajstić information content (AvgIpc) is 3.32. The third-order valence-corrected chi connectivity index (χ3v) is 7.87. The van der Waals surface area contributed by atoms with E-state index in [0.29, 0.717) is 43.3 Å². The molecular weight excluding hydrogens is 459 g/mol. The van der Waals surface area contributed by atoms with E-state index in [0.717, 1.165) is 12.0 Å². The zero-order chi connectivity index (χ0) is 24.3. The predicted octanol–water partition coefficient (Wildman–Crippen LogP) is 4.62. The van der Waals surface area contributed by atoms with Gasteiger partial charge in [0.25, 0.3) is 5.91 Å². The summed E-state index contributed by atoms with van der Waals surface area (Å²) in [5, 5.41) is 0. The molecule has 34 heavy (non-hydrogen) atoms. The van der Waals surface area contributed by atoms with E-state index in [2.05, 4.69) is 0 Å². The molecule has 2 heterocycles. The summed E-state index contributed by atoms with van der Waals surface area (Å²) in [4.78, 5) is 15.1. The molecule has 7 nitrogen and oxygen atoms in total. The number of benzene rings is 2. The van der Waals surface area contributed by atoms with Gasteiger partial charge >= 0.3 is 0 Å². The van der Waals surface area contributed by atoms with Gasteiger partial charge in [0.05, 0.1) is 4.90 Å². The maximum Gasteiger partial charge on any atom is 0.293 e. The van der Waals surface area contributed by atoms with Crippen molar-refractivity contribution in [3.8, 4) is 5.75 Å². The lowest BCUT2D eigenvalue weighted by Gasteiger charge is -2.29. The summed E-state index contributed by atoms with van der Waals surface area (Å²) in [5.74, 6) is 0.480. The minimum Gasteiger partial charge on any atom is -0.486 e. The molecule has 0 N–H and O–H groups in total. The number of amides is 1. The van der Waals surface area contributed by atoms with E-state index in [4.69, 9.17) is 9.15 Å². The fraction of sp³-hybridized carbons (Fsp3) is 0.320. The van der Waals surface area contributed by atoms with E-state index >= 15 is 0 Å². The summed E-state index contributed by atoms with van der Waals surface area (Å²) >= 11 is 0. The Morgan fingerprint density at radius 1 is 1.09 bits per heavy atom. The third-order valence-electron chi connectivity index (χ3n) is 5.83. The highest BCUT2D eigenvalue weighted by Crippen LogP contribution is 2.32. The molecule has 0 bridgehead atoms. The molecule has 0 saturated heterocycles. The van der Waals surface area contributed by atoms with E-state index in [1.807, 2.05) is 13.8 Å². The van der Waals surface area contributed by atoms with Gasteiger partial charge in [0, 0.05) is 25.3 Å². The number of halogens is 1. The monoisotopic (exact) mass is 486 g/mol. The Bertz CT molecular complexity index is 1270. The van der Waals surface area contributed by atoms with E-state index in [1.165, 1.54) is 28.6 Å². The Morgan fingerprint density at radius 3 is 2.53 bits per heavy atom. The van der Waals surface area contributed by atoms with E-state index in [-0.39, 0.29) is 29.0 Å². The van der Waals surface area contributed by atoms with Crippen molar-refractivity contribution in [3.05, 3.63) is 77.5 Å². The fourth-order valence-electron chi connectivity index (χ4n) is 4.05. The molecular formula is C25H27FN2O5S. The number of anilines is 1. The van der Waals surface area contributed by atoms with Crippen molar-refractivity contribution in [2.45, 2.75) is 38.2 Å². The first-order chi connectivity index (χ1) is 16.3. The Kier molecular flexibility index (Phi) is 7.04. The second-order valence-electron chi connectivity index (χ2n) is 7.95. The third kappa shape index (κ3) is 4.85. The SMILES string of the molecule is CCN(CC)S(=O)(=O)c1ccc2c(c1)CCCN2C(=O)c1ccc(COc2ccc(F)cc2)o1. The van der Waals surface area contributed by atoms with Gasteiger partial charge < -0.3 is 14.1 Å².